The maximum absolute atomic E-state index is 4.53. The first-order chi connectivity index (χ1) is 13.0. The number of hydrogen-bond donors (Lipinski definition) is 0. The fourth-order valence-corrected chi connectivity index (χ4v) is 3.87. The Kier molecular flexibility index (Phi) is 4.27. The molecule has 0 aliphatic heterocycles. The predicted octanol–water partition coefficient (Wildman–Crippen LogP) is 5.63. The van der Waals surface area contributed by atoms with Gasteiger partial charge in [-0.1, -0.05) is 29.8 Å². The quantitative estimate of drug-likeness (QED) is 0.427. The van der Waals surface area contributed by atoms with Gasteiger partial charge in [0.15, 0.2) is 0 Å². The molecule has 0 aliphatic rings. The van der Waals surface area contributed by atoms with Crippen molar-refractivity contribution in [2.75, 3.05) is 0 Å². The molecule has 0 aliphatic carbocycles. The monoisotopic (exact) mass is 353 g/mol. The van der Waals surface area contributed by atoms with Gasteiger partial charge in [-0.05, 0) is 57.0 Å². The van der Waals surface area contributed by atoms with Gasteiger partial charge in [-0.25, -0.2) is 0 Å². The van der Waals surface area contributed by atoms with Crippen molar-refractivity contribution in [1.82, 2.24) is 4.98 Å². The Morgan fingerprint density at radius 3 is 2.33 bits per heavy atom. The van der Waals surface area contributed by atoms with E-state index in [1.807, 2.05) is 13.1 Å². The maximum Gasteiger partial charge on any atom is 0.213 e. The highest BCUT2D eigenvalue weighted by molar-refractivity contribution is 5.94. The molecule has 4 aromatic rings. The van der Waals surface area contributed by atoms with E-state index >= 15 is 0 Å². The van der Waals surface area contributed by atoms with Crippen LogP contribution in [0, 0.1) is 27.7 Å². The first kappa shape index (κ1) is 17.4. The van der Waals surface area contributed by atoms with E-state index in [2.05, 4.69) is 92.0 Å². The highest BCUT2D eigenvalue weighted by atomic mass is 14.9. The van der Waals surface area contributed by atoms with E-state index in [-0.39, 0.29) is 0 Å². The van der Waals surface area contributed by atoms with Gasteiger partial charge in [-0.3, -0.25) is 4.98 Å². The third-order valence-corrected chi connectivity index (χ3v) is 5.51. The highest BCUT2D eigenvalue weighted by Gasteiger charge is 2.21. The first-order valence-corrected chi connectivity index (χ1v) is 9.38. The summed E-state index contributed by atoms with van der Waals surface area (Å²) in [6, 6.07) is 19.7. The third kappa shape index (κ3) is 3.02. The molecular formula is C25H25N2+. The summed E-state index contributed by atoms with van der Waals surface area (Å²) in [5.74, 6) is 0. The zero-order valence-electron chi connectivity index (χ0n) is 16.7. The van der Waals surface area contributed by atoms with E-state index in [0.29, 0.717) is 0 Å². The molecule has 0 atom stereocenters. The molecule has 2 aromatic carbocycles. The molecule has 2 nitrogen and oxygen atoms in total. The van der Waals surface area contributed by atoms with E-state index in [9.17, 15) is 0 Å². The van der Waals surface area contributed by atoms with Crippen molar-refractivity contribution >= 4 is 10.9 Å². The molecule has 0 unspecified atom stereocenters. The number of rotatable bonds is 2. The average molecular weight is 353 g/mol. The largest absolute Gasteiger partial charge is 0.261 e. The van der Waals surface area contributed by atoms with Crippen LogP contribution in [0.2, 0.25) is 0 Å². The van der Waals surface area contributed by atoms with Gasteiger partial charge in [0.25, 0.3) is 0 Å². The number of aryl methyl sites for hydroxylation is 4. The lowest BCUT2D eigenvalue weighted by atomic mass is 9.94. The molecule has 0 amide bonds. The Morgan fingerprint density at radius 1 is 0.815 bits per heavy atom. The van der Waals surface area contributed by atoms with Gasteiger partial charge in [0.05, 0.1) is 5.39 Å². The van der Waals surface area contributed by atoms with Crippen molar-refractivity contribution in [3.8, 4) is 22.4 Å². The second-order valence-corrected chi connectivity index (χ2v) is 7.46. The fourth-order valence-electron chi connectivity index (χ4n) is 3.87. The number of benzene rings is 2. The fraction of sp³-hybridized carbons (Fsp3) is 0.200. The second kappa shape index (κ2) is 6.62. The molecule has 27 heavy (non-hydrogen) atoms. The number of para-hydroxylation sites is 1. The molecule has 2 aromatic heterocycles. The van der Waals surface area contributed by atoms with Crippen molar-refractivity contribution in [3.05, 3.63) is 83.2 Å². The average Bonchev–Trinajstić information content (AvgIpc) is 2.66. The summed E-state index contributed by atoms with van der Waals surface area (Å²) in [7, 11) is 2.16. The van der Waals surface area contributed by atoms with Crippen LogP contribution in [0.1, 0.15) is 22.4 Å². The number of fused-ring (bicyclic) bond motifs is 1. The molecule has 0 bridgehead atoms. The topological polar surface area (TPSA) is 16.8 Å². The number of aromatic nitrogens is 2. The molecule has 2 heteroatoms. The standard InChI is InChI=1S/C25H25N2/c1-16-12-17(2)19(4)22(13-16)25-14-23(20-11-10-18(3)26-15-20)21-8-6-7-9-24(21)27(25)5/h6-15H,1-5H3/q+1. The number of nitrogens with zero attached hydrogens (tertiary/aromatic N) is 2. The minimum Gasteiger partial charge on any atom is -0.261 e. The maximum atomic E-state index is 4.53. The Labute approximate surface area is 161 Å². The van der Waals surface area contributed by atoms with Crippen LogP contribution >= 0.6 is 0 Å². The van der Waals surface area contributed by atoms with Crippen LogP contribution in [0.4, 0.5) is 0 Å². The second-order valence-electron chi connectivity index (χ2n) is 7.46. The Balaban J connectivity index is 2.09. The lowest BCUT2D eigenvalue weighted by Crippen LogP contribution is -2.32. The van der Waals surface area contributed by atoms with Gasteiger partial charge in [-0.2, -0.15) is 4.57 Å². The summed E-state index contributed by atoms with van der Waals surface area (Å²) in [6.45, 7) is 8.60. The van der Waals surface area contributed by atoms with Crippen LogP contribution in [-0.2, 0) is 7.05 Å². The molecule has 4 rings (SSSR count). The summed E-state index contributed by atoms with van der Waals surface area (Å²) >= 11 is 0. The van der Waals surface area contributed by atoms with Gasteiger partial charge in [-0.15, -0.1) is 0 Å². The van der Waals surface area contributed by atoms with E-state index in [1.54, 1.807) is 0 Å². The summed E-state index contributed by atoms with van der Waals surface area (Å²) in [4.78, 5) is 4.53. The van der Waals surface area contributed by atoms with Crippen LogP contribution in [0.3, 0.4) is 0 Å². The van der Waals surface area contributed by atoms with Gasteiger partial charge in [0, 0.05) is 40.7 Å². The summed E-state index contributed by atoms with van der Waals surface area (Å²) in [5, 5.41) is 1.25. The molecule has 2 heterocycles. The normalized spacial score (nSPS) is 11.1. The summed E-state index contributed by atoms with van der Waals surface area (Å²) < 4.78 is 2.31. The van der Waals surface area contributed by atoms with Crippen LogP contribution in [0.25, 0.3) is 33.3 Å². The number of pyridine rings is 2. The van der Waals surface area contributed by atoms with Crippen LogP contribution < -0.4 is 4.57 Å². The van der Waals surface area contributed by atoms with Crippen molar-refractivity contribution in [2.24, 2.45) is 7.05 Å². The Bertz CT molecular complexity index is 1160. The van der Waals surface area contributed by atoms with Crippen molar-refractivity contribution in [2.45, 2.75) is 27.7 Å². The Hall–Kier alpha value is -3.00. The zero-order chi connectivity index (χ0) is 19.1. The third-order valence-electron chi connectivity index (χ3n) is 5.51. The molecule has 134 valence electrons. The van der Waals surface area contributed by atoms with E-state index in [4.69, 9.17) is 0 Å². The molecule has 0 fully saturated rings. The summed E-state index contributed by atoms with van der Waals surface area (Å²) in [6.07, 6.45) is 1.98. The van der Waals surface area contributed by atoms with E-state index in [0.717, 1.165) is 11.3 Å². The van der Waals surface area contributed by atoms with Crippen LogP contribution in [0.5, 0.6) is 0 Å². The van der Waals surface area contributed by atoms with Crippen molar-refractivity contribution < 1.29 is 4.57 Å². The Morgan fingerprint density at radius 2 is 1.59 bits per heavy atom. The van der Waals surface area contributed by atoms with Gasteiger partial charge in [0.2, 0.25) is 11.2 Å². The molecular weight excluding hydrogens is 328 g/mol. The zero-order valence-corrected chi connectivity index (χ0v) is 16.7. The van der Waals surface area contributed by atoms with Gasteiger partial charge >= 0.3 is 0 Å². The van der Waals surface area contributed by atoms with E-state index < -0.39 is 0 Å². The summed E-state index contributed by atoms with van der Waals surface area (Å²) in [5.41, 5.74) is 11.1. The van der Waals surface area contributed by atoms with Crippen molar-refractivity contribution in [3.63, 3.8) is 0 Å². The van der Waals surface area contributed by atoms with Gasteiger partial charge < -0.3 is 0 Å². The SMILES string of the molecule is Cc1cc(C)c(C)c(-c2cc(-c3ccc(C)nc3)c3ccccc3[n+]2C)c1. The van der Waals surface area contributed by atoms with Crippen molar-refractivity contribution in [1.29, 1.82) is 0 Å². The minimum absolute atomic E-state index is 1.04. The van der Waals surface area contributed by atoms with Gasteiger partial charge in [0.1, 0.15) is 7.05 Å². The molecule has 0 saturated carbocycles. The lowest BCUT2D eigenvalue weighted by Gasteiger charge is -2.13. The highest BCUT2D eigenvalue weighted by Crippen LogP contribution is 2.32. The minimum atomic E-state index is 1.04. The molecule has 0 radical (unpaired) electrons. The first-order valence-electron chi connectivity index (χ1n) is 9.38. The smallest absolute Gasteiger partial charge is 0.213 e. The number of hydrogen-bond acceptors (Lipinski definition) is 1. The molecule has 0 N–H and O–H groups in total. The van der Waals surface area contributed by atoms with Crippen LogP contribution in [0.15, 0.2) is 60.8 Å². The predicted molar refractivity (Wildman–Crippen MR) is 113 cm³/mol. The molecule has 0 saturated heterocycles. The molecule has 0 spiro atoms. The lowest BCUT2D eigenvalue weighted by molar-refractivity contribution is -0.633. The van der Waals surface area contributed by atoms with Crippen LogP contribution in [-0.4, -0.2) is 4.98 Å². The van der Waals surface area contributed by atoms with E-state index in [1.165, 1.54) is 44.4 Å².